The highest BCUT2D eigenvalue weighted by Crippen LogP contribution is 2.69. The Morgan fingerprint density at radius 1 is 0.806 bits per heavy atom. The Bertz CT molecular complexity index is 928. The molecule has 3 heteroatoms. The van der Waals surface area contributed by atoms with Crippen LogP contribution in [0.2, 0.25) is 0 Å². The lowest BCUT2D eigenvalue weighted by Crippen LogP contribution is -2.28. The third kappa shape index (κ3) is 4.03. The highest BCUT2D eigenvalue weighted by molar-refractivity contribution is 5.85. The molecule has 3 aromatic carbocycles. The molecule has 0 spiro atoms. The molecule has 1 aliphatic rings. The average molecular weight is 414 g/mol. The number of benzene rings is 3. The number of esters is 1. The van der Waals surface area contributed by atoms with Crippen LogP contribution in [0.4, 0.5) is 0 Å². The Balaban J connectivity index is 1.71. The molecule has 0 aliphatic heterocycles. The molecule has 0 heterocycles. The lowest BCUT2D eigenvalue weighted by molar-refractivity contribution is -0.146. The van der Waals surface area contributed by atoms with E-state index in [1.807, 2.05) is 18.2 Å². The monoisotopic (exact) mass is 413 g/mol. The van der Waals surface area contributed by atoms with Crippen molar-refractivity contribution in [3.05, 3.63) is 108 Å². The van der Waals surface area contributed by atoms with Crippen molar-refractivity contribution < 1.29 is 9.53 Å². The van der Waals surface area contributed by atoms with Gasteiger partial charge in [0.25, 0.3) is 0 Å². The summed E-state index contributed by atoms with van der Waals surface area (Å²) < 4.78 is 5.87. The third-order valence-corrected chi connectivity index (χ3v) is 6.67. The van der Waals surface area contributed by atoms with Crippen molar-refractivity contribution in [1.29, 1.82) is 0 Å². The quantitative estimate of drug-likeness (QED) is 0.448. The summed E-state index contributed by atoms with van der Waals surface area (Å²) in [4.78, 5) is 15.7. The maximum Gasteiger partial charge on any atom is 0.310 e. The first-order valence-corrected chi connectivity index (χ1v) is 11.3. The summed E-state index contributed by atoms with van der Waals surface area (Å²) >= 11 is 0. The fraction of sp³-hybridized carbons (Fsp3) is 0.321. The van der Waals surface area contributed by atoms with E-state index in [1.165, 1.54) is 16.7 Å². The molecule has 31 heavy (non-hydrogen) atoms. The molecule has 0 amide bonds. The van der Waals surface area contributed by atoms with E-state index in [0.29, 0.717) is 6.61 Å². The van der Waals surface area contributed by atoms with E-state index in [1.54, 1.807) is 0 Å². The zero-order chi connectivity index (χ0) is 21.7. The molecule has 0 aromatic heterocycles. The Labute approximate surface area is 185 Å². The summed E-state index contributed by atoms with van der Waals surface area (Å²) in [5, 5.41) is 0. The number of rotatable bonds is 9. The number of hydrogen-bond donors (Lipinski definition) is 0. The second kappa shape index (κ2) is 9.49. The van der Waals surface area contributed by atoms with Gasteiger partial charge < -0.3 is 9.64 Å². The number of hydrogen-bond acceptors (Lipinski definition) is 3. The van der Waals surface area contributed by atoms with Crippen LogP contribution in [0.25, 0.3) is 0 Å². The van der Waals surface area contributed by atoms with Crippen LogP contribution in [0.3, 0.4) is 0 Å². The number of likely N-dealkylation sites (N-methyl/N-ethyl adjacent to an activating group) is 1. The van der Waals surface area contributed by atoms with Crippen molar-refractivity contribution in [2.24, 2.45) is 5.92 Å². The molecule has 0 bridgehead atoms. The summed E-state index contributed by atoms with van der Waals surface area (Å²) in [5.74, 6) is -0.287. The molecule has 0 N–H and O–H groups in total. The fourth-order valence-electron chi connectivity index (χ4n) is 5.04. The van der Waals surface area contributed by atoms with E-state index in [-0.39, 0.29) is 17.8 Å². The first-order chi connectivity index (χ1) is 15.2. The topological polar surface area (TPSA) is 29.5 Å². The van der Waals surface area contributed by atoms with E-state index < -0.39 is 5.41 Å². The zero-order valence-electron chi connectivity index (χ0n) is 18.4. The van der Waals surface area contributed by atoms with Gasteiger partial charge in [-0.15, -0.1) is 0 Å². The van der Waals surface area contributed by atoms with Gasteiger partial charge in [0.15, 0.2) is 0 Å². The molecular weight excluding hydrogens is 382 g/mol. The standard InChI is InChI=1S/C28H31NO2/c1-3-29(4-2)20-21-31-27(30)26-25(22-14-8-5-9-15-22)28(26,23-16-10-6-11-17-23)24-18-12-7-13-19-24/h5-19,25-26H,3-4,20-21H2,1-2H3/t25-,26-/m0/s1. The van der Waals surface area contributed by atoms with E-state index in [0.717, 1.165) is 19.6 Å². The van der Waals surface area contributed by atoms with Crippen LogP contribution >= 0.6 is 0 Å². The second-order valence-corrected chi connectivity index (χ2v) is 8.16. The van der Waals surface area contributed by atoms with E-state index in [9.17, 15) is 4.79 Å². The highest BCUT2D eigenvalue weighted by atomic mass is 16.5. The van der Waals surface area contributed by atoms with E-state index in [4.69, 9.17) is 4.74 Å². The molecule has 4 rings (SSSR count). The van der Waals surface area contributed by atoms with Crippen molar-refractivity contribution in [1.82, 2.24) is 4.90 Å². The van der Waals surface area contributed by atoms with Gasteiger partial charge in [-0.1, -0.05) is 105 Å². The lowest BCUT2D eigenvalue weighted by Gasteiger charge is -2.21. The van der Waals surface area contributed by atoms with Gasteiger partial charge in [0, 0.05) is 17.9 Å². The fourth-order valence-corrected chi connectivity index (χ4v) is 5.04. The predicted molar refractivity (Wildman–Crippen MR) is 125 cm³/mol. The first-order valence-electron chi connectivity index (χ1n) is 11.3. The SMILES string of the molecule is CCN(CC)CCOC(=O)[C@@H]1[C@H](c2ccccc2)C1(c1ccccc1)c1ccccc1. The van der Waals surface area contributed by atoms with Crippen molar-refractivity contribution in [2.45, 2.75) is 25.2 Å². The molecule has 1 fully saturated rings. The molecule has 0 radical (unpaired) electrons. The van der Waals surface area contributed by atoms with Crippen molar-refractivity contribution >= 4 is 5.97 Å². The Hall–Kier alpha value is -2.91. The first kappa shape index (κ1) is 21.3. The van der Waals surface area contributed by atoms with Crippen LogP contribution in [0, 0.1) is 5.92 Å². The number of carbonyl (C=O) groups excluding carboxylic acids is 1. The maximum absolute atomic E-state index is 13.5. The number of nitrogens with zero attached hydrogens (tertiary/aromatic N) is 1. The zero-order valence-corrected chi connectivity index (χ0v) is 18.4. The largest absolute Gasteiger partial charge is 0.464 e. The molecular formula is C28H31NO2. The van der Waals surface area contributed by atoms with Gasteiger partial charge in [0.05, 0.1) is 5.92 Å². The summed E-state index contributed by atoms with van der Waals surface area (Å²) in [5.41, 5.74) is 3.11. The van der Waals surface area contributed by atoms with Crippen molar-refractivity contribution in [3.8, 4) is 0 Å². The third-order valence-electron chi connectivity index (χ3n) is 6.67. The molecule has 2 atom stereocenters. The maximum atomic E-state index is 13.5. The lowest BCUT2D eigenvalue weighted by atomic mass is 9.83. The van der Waals surface area contributed by atoms with Gasteiger partial charge in [-0.3, -0.25) is 4.79 Å². The van der Waals surface area contributed by atoms with Gasteiger partial charge in [0.1, 0.15) is 6.61 Å². The Kier molecular flexibility index (Phi) is 6.53. The minimum atomic E-state index is -0.407. The van der Waals surface area contributed by atoms with Gasteiger partial charge in [-0.2, -0.15) is 0 Å². The van der Waals surface area contributed by atoms with Gasteiger partial charge >= 0.3 is 5.97 Å². The van der Waals surface area contributed by atoms with E-state index in [2.05, 4.69) is 91.5 Å². The molecule has 3 nitrogen and oxygen atoms in total. The minimum Gasteiger partial charge on any atom is -0.464 e. The van der Waals surface area contributed by atoms with Crippen LogP contribution in [0.5, 0.6) is 0 Å². The van der Waals surface area contributed by atoms with Crippen LogP contribution in [0.15, 0.2) is 91.0 Å². The van der Waals surface area contributed by atoms with Crippen LogP contribution in [-0.4, -0.2) is 37.1 Å². The van der Waals surface area contributed by atoms with Crippen LogP contribution in [0.1, 0.15) is 36.5 Å². The molecule has 0 saturated heterocycles. The van der Waals surface area contributed by atoms with Crippen molar-refractivity contribution in [3.63, 3.8) is 0 Å². The normalized spacial score (nSPS) is 19.2. The molecule has 160 valence electrons. The minimum absolute atomic E-state index is 0.0550. The van der Waals surface area contributed by atoms with Crippen molar-refractivity contribution in [2.75, 3.05) is 26.2 Å². The van der Waals surface area contributed by atoms with Crippen LogP contribution in [-0.2, 0) is 14.9 Å². The predicted octanol–water partition coefficient (Wildman–Crippen LogP) is 5.27. The average Bonchev–Trinajstić information content (AvgIpc) is 3.55. The number of ether oxygens (including phenoxy) is 1. The second-order valence-electron chi connectivity index (χ2n) is 8.16. The Morgan fingerprint density at radius 2 is 1.29 bits per heavy atom. The van der Waals surface area contributed by atoms with Gasteiger partial charge in [-0.05, 0) is 29.8 Å². The smallest absolute Gasteiger partial charge is 0.310 e. The summed E-state index contributed by atoms with van der Waals surface area (Å²) in [6.45, 7) is 7.38. The van der Waals surface area contributed by atoms with Gasteiger partial charge in [-0.25, -0.2) is 0 Å². The molecule has 0 unspecified atom stereocenters. The number of carbonyl (C=O) groups is 1. The molecule has 1 saturated carbocycles. The molecule has 1 aliphatic carbocycles. The summed E-state index contributed by atoms with van der Waals surface area (Å²) in [7, 11) is 0. The summed E-state index contributed by atoms with van der Waals surface area (Å²) in [6.07, 6.45) is 0. The van der Waals surface area contributed by atoms with Gasteiger partial charge in [0.2, 0.25) is 0 Å². The highest BCUT2D eigenvalue weighted by Gasteiger charge is 2.70. The summed E-state index contributed by atoms with van der Waals surface area (Å²) in [6, 6.07) is 31.3. The van der Waals surface area contributed by atoms with E-state index >= 15 is 0 Å². The Morgan fingerprint density at radius 3 is 1.77 bits per heavy atom. The molecule has 3 aromatic rings. The van der Waals surface area contributed by atoms with Crippen LogP contribution < -0.4 is 0 Å².